The van der Waals surface area contributed by atoms with E-state index in [1.54, 1.807) is 17.5 Å². The lowest BCUT2D eigenvalue weighted by Crippen LogP contribution is -2.21. The monoisotopic (exact) mass is 403 g/mol. The van der Waals surface area contributed by atoms with Crippen LogP contribution in [0.4, 0.5) is 28.3 Å². The molecule has 0 spiro atoms. The second kappa shape index (κ2) is 8.24. The van der Waals surface area contributed by atoms with Gasteiger partial charge in [-0.15, -0.1) is 11.3 Å². The van der Waals surface area contributed by atoms with Gasteiger partial charge in [-0.05, 0) is 31.5 Å². The molecule has 0 aliphatic heterocycles. The Morgan fingerprint density at radius 1 is 1.00 bits per heavy atom. The molecule has 0 saturated heterocycles. The Hall–Kier alpha value is -3.52. The zero-order chi connectivity index (χ0) is 20.2. The zero-order valence-corrected chi connectivity index (χ0v) is 17.0. The summed E-state index contributed by atoms with van der Waals surface area (Å²) in [5.74, 6) is 1.88. The summed E-state index contributed by atoms with van der Waals surface area (Å²) < 4.78 is 0. The van der Waals surface area contributed by atoms with E-state index in [1.807, 2.05) is 55.1 Å². The van der Waals surface area contributed by atoms with Crippen molar-refractivity contribution in [3.8, 4) is 0 Å². The lowest BCUT2D eigenvalue weighted by atomic mass is 10.2. The molecule has 0 bridgehead atoms. The van der Waals surface area contributed by atoms with Gasteiger partial charge in [0.2, 0.25) is 0 Å². The summed E-state index contributed by atoms with van der Waals surface area (Å²) in [6.07, 6.45) is 3.26. The third-order valence-corrected chi connectivity index (χ3v) is 5.47. The summed E-state index contributed by atoms with van der Waals surface area (Å²) in [6, 6.07) is 15.9. The first-order valence-electron chi connectivity index (χ1n) is 9.16. The molecule has 0 unspecified atom stereocenters. The molecule has 3 heterocycles. The van der Waals surface area contributed by atoms with Crippen LogP contribution in [0.15, 0.2) is 61.1 Å². The molecule has 146 valence electrons. The Labute approximate surface area is 173 Å². The maximum atomic E-state index is 6.49. The van der Waals surface area contributed by atoms with E-state index in [-0.39, 0.29) is 0 Å². The van der Waals surface area contributed by atoms with Crippen molar-refractivity contribution in [1.29, 1.82) is 0 Å². The smallest absolute Gasteiger partial charge is 0.188 e. The topological polar surface area (TPSA) is 92.9 Å². The van der Waals surface area contributed by atoms with Crippen LogP contribution in [-0.4, -0.2) is 19.9 Å². The van der Waals surface area contributed by atoms with E-state index in [0.717, 1.165) is 27.1 Å². The van der Waals surface area contributed by atoms with E-state index >= 15 is 0 Å². The molecular formula is C21H21N7S. The number of anilines is 5. The Morgan fingerprint density at radius 2 is 1.79 bits per heavy atom. The van der Waals surface area contributed by atoms with Crippen molar-refractivity contribution in [2.75, 3.05) is 16.0 Å². The predicted molar refractivity (Wildman–Crippen MR) is 118 cm³/mol. The van der Waals surface area contributed by atoms with Crippen LogP contribution in [-0.2, 0) is 6.54 Å². The van der Waals surface area contributed by atoms with Gasteiger partial charge in [0.15, 0.2) is 16.8 Å². The molecule has 4 rings (SSSR count). The van der Waals surface area contributed by atoms with E-state index in [9.17, 15) is 0 Å². The average molecular weight is 404 g/mol. The van der Waals surface area contributed by atoms with Crippen LogP contribution in [0.2, 0.25) is 0 Å². The number of benzene rings is 1. The summed E-state index contributed by atoms with van der Waals surface area (Å²) in [4.78, 5) is 20.9. The molecule has 29 heavy (non-hydrogen) atoms. The molecule has 1 aromatic carbocycles. The molecule has 0 aliphatic carbocycles. The van der Waals surface area contributed by atoms with E-state index in [2.05, 4.69) is 37.4 Å². The number of pyridine rings is 1. The van der Waals surface area contributed by atoms with Crippen molar-refractivity contribution in [2.24, 2.45) is 0 Å². The highest BCUT2D eigenvalue weighted by Gasteiger charge is 2.19. The van der Waals surface area contributed by atoms with Crippen molar-refractivity contribution in [2.45, 2.75) is 20.4 Å². The molecule has 3 aromatic heterocycles. The fraction of sp³-hybridized carbons (Fsp3) is 0.143. The standard InChI is InChI=1S/C21H21N7S/c1-14-15(2)29-21(26-14)27-19-18(22)20(25-13-24-19)28(17-10-6-7-11-23-17)12-16-8-4-3-5-9-16/h3-11,13H,12,22H2,1-2H3,(H,24,25,26,27). The maximum absolute atomic E-state index is 6.49. The van der Waals surface area contributed by atoms with Gasteiger partial charge in [-0.3, -0.25) is 0 Å². The predicted octanol–water partition coefficient (Wildman–Crippen LogP) is 4.61. The number of nitrogen functional groups attached to an aromatic ring is 1. The molecular weight excluding hydrogens is 382 g/mol. The van der Waals surface area contributed by atoms with Gasteiger partial charge in [0.25, 0.3) is 0 Å². The summed E-state index contributed by atoms with van der Waals surface area (Å²) in [7, 11) is 0. The Kier molecular flexibility index (Phi) is 5.35. The molecule has 0 fully saturated rings. The van der Waals surface area contributed by atoms with E-state index in [1.165, 1.54) is 6.33 Å². The molecule has 3 N–H and O–H groups in total. The average Bonchev–Trinajstić information content (AvgIpc) is 3.06. The highest BCUT2D eigenvalue weighted by molar-refractivity contribution is 7.15. The first-order chi connectivity index (χ1) is 14.1. The van der Waals surface area contributed by atoms with E-state index in [0.29, 0.717) is 23.9 Å². The number of nitrogens with one attached hydrogen (secondary N) is 1. The maximum Gasteiger partial charge on any atom is 0.188 e. The fourth-order valence-corrected chi connectivity index (χ4v) is 3.69. The molecule has 0 amide bonds. The fourth-order valence-electron chi connectivity index (χ4n) is 2.87. The lowest BCUT2D eigenvalue weighted by Gasteiger charge is -2.24. The molecule has 7 nitrogen and oxygen atoms in total. The van der Waals surface area contributed by atoms with Gasteiger partial charge >= 0.3 is 0 Å². The summed E-state index contributed by atoms with van der Waals surface area (Å²) in [5, 5.41) is 3.98. The Balaban J connectivity index is 1.72. The number of aryl methyl sites for hydroxylation is 2. The number of rotatable bonds is 6. The molecule has 8 heteroatoms. The quantitative estimate of drug-likeness (QED) is 0.485. The van der Waals surface area contributed by atoms with Crippen LogP contribution >= 0.6 is 11.3 Å². The minimum atomic E-state index is 0.444. The first-order valence-corrected chi connectivity index (χ1v) is 9.97. The van der Waals surface area contributed by atoms with Gasteiger partial charge in [-0.2, -0.15) is 0 Å². The first kappa shape index (κ1) is 18.8. The SMILES string of the molecule is Cc1nc(Nc2ncnc(N(Cc3ccccc3)c3ccccn3)c2N)sc1C. The summed E-state index contributed by atoms with van der Waals surface area (Å²) in [5.41, 5.74) is 9.04. The minimum absolute atomic E-state index is 0.444. The second-order valence-corrected chi connectivity index (χ2v) is 7.71. The second-order valence-electron chi connectivity index (χ2n) is 6.50. The molecule has 0 aliphatic rings. The molecule has 0 atom stereocenters. The van der Waals surface area contributed by atoms with Crippen molar-refractivity contribution in [3.05, 3.63) is 77.2 Å². The highest BCUT2D eigenvalue weighted by atomic mass is 32.1. The summed E-state index contributed by atoms with van der Waals surface area (Å²) >= 11 is 1.57. The zero-order valence-electron chi connectivity index (χ0n) is 16.2. The van der Waals surface area contributed by atoms with Crippen molar-refractivity contribution in [1.82, 2.24) is 19.9 Å². The van der Waals surface area contributed by atoms with Crippen LogP contribution < -0.4 is 16.0 Å². The van der Waals surface area contributed by atoms with Gasteiger partial charge in [-0.1, -0.05) is 36.4 Å². The number of hydrogen-bond acceptors (Lipinski definition) is 8. The highest BCUT2D eigenvalue weighted by Crippen LogP contribution is 2.34. The van der Waals surface area contributed by atoms with Crippen LogP contribution in [0, 0.1) is 13.8 Å². The van der Waals surface area contributed by atoms with E-state index in [4.69, 9.17) is 5.73 Å². The Morgan fingerprint density at radius 3 is 2.48 bits per heavy atom. The largest absolute Gasteiger partial charge is 0.393 e. The van der Waals surface area contributed by atoms with Crippen LogP contribution in [0.5, 0.6) is 0 Å². The van der Waals surface area contributed by atoms with Gasteiger partial charge in [0.1, 0.15) is 17.8 Å². The van der Waals surface area contributed by atoms with Crippen LogP contribution in [0.1, 0.15) is 16.1 Å². The number of nitrogens with zero attached hydrogens (tertiary/aromatic N) is 5. The van der Waals surface area contributed by atoms with E-state index < -0.39 is 0 Å². The summed E-state index contributed by atoms with van der Waals surface area (Å²) in [6.45, 7) is 4.60. The number of hydrogen-bond donors (Lipinski definition) is 2. The van der Waals surface area contributed by atoms with Crippen molar-refractivity contribution in [3.63, 3.8) is 0 Å². The number of thiazole rings is 1. The molecule has 0 saturated carbocycles. The number of nitrogens with two attached hydrogens (primary N) is 1. The van der Waals surface area contributed by atoms with Crippen molar-refractivity contribution < 1.29 is 0 Å². The third kappa shape index (κ3) is 4.17. The van der Waals surface area contributed by atoms with Crippen LogP contribution in [0.3, 0.4) is 0 Å². The minimum Gasteiger partial charge on any atom is -0.393 e. The molecule has 0 radical (unpaired) electrons. The van der Waals surface area contributed by atoms with Crippen molar-refractivity contribution >= 4 is 39.6 Å². The van der Waals surface area contributed by atoms with Gasteiger partial charge in [0.05, 0.1) is 12.2 Å². The van der Waals surface area contributed by atoms with Gasteiger partial charge in [-0.25, -0.2) is 19.9 Å². The lowest BCUT2D eigenvalue weighted by molar-refractivity contribution is 0.918. The third-order valence-electron chi connectivity index (χ3n) is 4.48. The van der Waals surface area contributed by atoms with Gasteiger partial charge < -0.3 is 16.0 Å². The number of aromatic nitrogens is 4. The molecule has 4 aromatic rings. The van der Waals surface area contributed by atoms with Crippen LogP contribution in [0.25, 0.3) is 0 Å². The normalized spacial score (nSPS) is 10.7. The Bertz CT molecular complexity index is 1080. The van der Waals surface area contributed by atoms with Gasteiger partial charge in [0, 0.05) is 11.1 Å².